The lowest BCUT2D eigenvalue weighted by molar-refractivity contribution is -0.136. The van der Waals surface area contributed by atoms with Crippen LogP contribution in [0.15, 0.2) is 41.9 Å². The van der Waals surface area contributed by atoms with Gasteiger partial charge in [-0.2, -0.15) is 10.1 Å². The average molecular weight is 305 g/mol. The molecule has 1 aliphatic heterocycles. The number of allylic oxidation sites excluding steroid dienone is 1. The van der Waals surface area contributed by atoms with Gasteiger partial charge in [0.1, 0.15) is 12.4 Å². The van der Waals surface area contributed by atoms with Gasteiger partial charge in [0.2, 0.25) is 5.95 Å². The molecule has 0 bridgehead atoms. The Bertz CT molecular complexity index is 738. The van der Waals surface area contributed by atoms with Crippen LogP contribution in [-0.2, 0) is 9.53 Å². The van der Waals surface area contributed by atoms with E-state index in [0.717, 1.165) is 5.56 Å². The third-order valence-corrected chi connectivity index (χ3v) is 3.60. The smallest absolute Gasteiger partial charge is 0.338 e. The fraction of sp³-hybridized carbons (Fsp3) is 0.214. The van der Waals surface area contributed by atoms with Crippen LogP contribution in [0.4, 0.5) is 5.95 Å². The van der Waals surface area contributed by atoms with Crippen molar-refractivity contribution in [2.45, 2.75) is 13.0 Å². The van der Waals surface area contributed by atoms with E-state index in [4.69, 9.17) is 16.3 Å². The number of aromatic nitrogens is 3. The first-order chi connectivity index (χ1) is 10.1. The van der Waals surface area contributed by atoms with Crippen molar-refractivity contribution in [1.82, 2.24) is 14.8 Å². The molecule has 1 aromatic carbocycles. The van der Waals surface area contributed by atoms with E-state index in [1.807, 2.05) is 19.1 Å². The largest absolute Gasteiger partial charge is 0.466 e. The van der Waals surface area contributed by atoms with E-state index in [1.165, 1.54) is 13.4 Å². The molecule has 3 rings (SSSR count). The van der Waals surface area contributed by atoms with E-state index < -0.39 is 12.0 Å². The molecule has 6 nitrogen and oxygen atoms in total. The molecule has 0 aliphatic carbocycles. The van der Waals surface area contributed by atoms with Crippen molar-refractivity contribution < 1.29 is 9.53 Å². The van der Waals surface area contributed by atoms with Crippen LogP contribution in [0.25, 0.3) is 0 Å². The summed E-state index contributed by atoms with van der Waals surface area (Å²) in [6, 6.07) is 6.89. The number of nitrogens with zero attached hydrogens (tertiary/aromatic N) is 3. The molecule has 0 saturated carbocycles. The molecule has 1 unspecified atom stereocenters. The van der Waals surface area contributed by atoms with Gasteiger partial charge in [-0.3, -0.25) is 0 Å². The fourth-order valence-electron chi connectivity index (χ4n) is 2.45. The van der Waals surface area contributed by atoms with Gasteiger partial charge in [-0.1, -0.05) is 23.7 Å². The zero-order valence-electron chi connectivity index (χ0n) is 11.5. The number of carbonyl (C=O) groups excluding carboxylic acids is 1. The third-order valence-electron chi connectivity index (χ3n) is 3.36. The molecule has 21 heavy (non-hydrogen) atoms. The molecule has 2 heterocycles. The van der Waals surface area contributed by atoms with Crippen molar-refractivity contribution in [2.24, 2.45) is 0 Å². The van der Waals surface area contributed by atoms with Gasteiger partial charge in [-0.25, -0.2) is 9.48 Å². The van der Waals surface area contributed by atoms with Crippen LogP contribution >= 0.6 is 11.6 Å². The summed E-state index contributed by atoms with van der Waals surface area (Å²) in [7, 11) is 1.36. The minimum Gasteiger partial charge on any atom is -0.466 e. The molecular formula is C14H13ClN4O2. The van der Waals surface area contributed by atoms with Crippen LogP contribution < -0.4 is 5.32 Å². The van der Waals surface area contributed by atoms with E-state index in [1.54, 1.807) is 16.8 Å². The minimum atomic E-state index is -0.421. The Morgan fingerprint density at radius 1 is 1.48 bits per heavy atom. The van der Waals surface area contributed by atoms with E-state index in [0.29, 0.717) is 22.2 Å². The highest BCUT2D eigenvalue weighted by atomic mass is 35.5. The number of anilines is 1. The van der Waals surface area contributed by atoms with Crippen LogP contribution in [0.1, 0.15) is 18.5 Å². The van der Waals surface area contributed by atoms with E-state index in [2.05, 4.69) is 15.4 Å². The average Bonchev–Trinajstić information content (AvgIpc) is 2.92. The van der Waals surface area contributed by atoms with Gasteiger partial charge < -0.3 is 10.1 Å². The summed E-state index contributed by atoms with van der Waals surface area (Å²) in [5, 5.41) is 7.85. The maximum absolute atomic E-state index is 12.2. The molecule has 0 amide bonds. The zero-order valence-corrected chi connectivity index (χ0v) is 12.3. The Kier molecular flexibility index (Phi) is 3.39. The number of halogens is 1. The van der Waals surface area contributed by atoms with Crippen molar-refractivity contribution in [3.05, 3.63) is 52.4 Å². The van der Waals surface area contributed by atoms with Crippen molar-refractivity contribution >= 4 is 23.5 Å². The predicted octanol–water partition coefficient (Wildman–Crippen LogP) is 2.39. The second kappa shape index (κ2) is 5.21. The van der Waals surface area contributed by atoms with Crippen LogP contribution in [0.5, 0.6) is 0 Å². The Labute approximate surface area is 126 Å². The number of methoxy groups -OCH3 is 1. The number of rotatable bonds is 2. The molecule has 2 aromatic rings. The Hall–Kier alpha value is -2.34. The van der Waals surface area contributed by atoms with E-state index >= 15 is 0 Å². The predicted molar refractivity (Wildman–Crippen MR) is 78.0 cm³/mol. The van der Waals surface area contributed by atoms with Gasteiger partial charge in [-0.05, 0) is 24.6 Å². The molecule has 0 saturated heterocycles. The summed E-state index contributed by atoms with van der Waals surface area (Å²) in [6.07, 6.45) is 1.44. The summed E-state index contributed by atoms with van der Waals surface area (Å²) in [5.41, 5.74) is 2.01. The quantitative estimate of drug-likeness (QED) is 0.863. The van der Waals surface area contributed by atoms with Crippen LogP contribution in [0, 0.1) is 0 Å². The standard InChI is InChI=1S/C14H13ClN4O2/c1-8-11(13(20)21-2)12(9-4-3-5-10(15)6-9)19-14(18-8)16-7-17-19/h3-7,12H,1-2H3,(H,16,17,18). The molecule has 0 fully saturated rings. The van der Waals surface area contributed by atoms with Gasteiger partial charge in [0.25, 0.3) is 0 Å². The lowest BCUT2D eigenvalue weighted by atomic mass is 9.96. The maximum atomic E-state index is 12.2. The molecule has 1 aliphatic rings. The number of ether oxygens (including phenoxy) is 1. The highest BCUT2D eigenvalue weighted by molar-refractivity contribution is 6.30. The number of fused-ring (bicyclic) bond motifs is 1. The summed E-state index contributed by atoms with van der Waals surface area (Å²) >= 11 is 6.07. The SMILES string of the molecule is COC(=O)C1=C(C)Nc2ncnn2C1c1cccc(Cl)c1. The Morgan fingerprint density at radius 3 is 3.00 bits per heavy atom. The van der Waals surface area contributed by atoms with Gasteiger partial charge in [0.05, 0.1) is 12.7 Å². The monoisotopic (exact) mass is 304 g/mol. The number of benzene rings is 1. The first kappa shape index (κ1) is 13.6. The summed E-state index contributed by atoms with van der Waals surface area (Å²) in [5.74, 6) is 0.163. The number of nitrogens with one attached hydrogen (secondary N) is 1. The van der Waals surface area contributed by atoms with Gasteiger partial charge in [0, 0.05) is 10.7 Å². The Balaban J connectivity index is 2.20. The summed E-state index contributed by atoms with van der Waals surface area (Å²) < 4.78 is 6.55. The van der Waals surface area contributed by atoms with Crippen LogP contribution in [0.3, 0.4) is 0 Å². The van der Waals surface area contributed by atoms with Crippen molar-refractivity contribution in [2.75, 3.05) is 12.4 Å². The van der Waals surface area contributed by atoms with Crippen molar-refractivity contribution in [3.8, 4) is 0 Å². The molecular weight excluding hydrogens is 292 g/mol. The highest BCUT2D eigenvalue weighted by Crippen LogP contribution is 2.35. The number of hydrogen-bond acceptors (Lipinski definition) is 5. The van der Waals surface area contributed by atoms with Crippen LogP contribution in [-0.4, -0.2) is 27.8 Å². The summed E-state index contributed by atoms with van der Waals surface area (Å²) in [6.45, 7) is 1.81. The lowest BCUT2D eigenvalue weighted by Crippen LogP contribution is -2.29. The van der Waals surface area contributed by atoms with Gasteiger partial charge >= 0.3 is 5.97 Å². The first-order valence-electron chi connectivity index (χ1n) is 6.33. The van der Waals surface area contributed by atoms with Crippen molar-refractivity contribution in [1.29, 1.82) is 0 Å². The lowest BCUT2D eigenvalue weighted by Gasteiger charge is -2.27. The second-order valence-electron chi connectivity index (χ2n) is 4.64. The van der Waals surface area contributed by atoms with E-state index in [9.17, 15) is 4.79 Å². The minimum absolute atomic E-state index is 0.411. The topological polar surface area (TPSA) is 69.0 Å². The van der Waals surface area contributed by atoms with Crippen molar-refractivity contribution in [3.63, 3.8) is 0 Å². The number of carbonyl (C=O) groups is 1. The third kappa shape index (κ3) is 2.27. The zero-order chi connectivity index (χ0) is 15.0. The first-order valence-corrected chi connectivity index (χ1v) is 6.70. The molecule has 1 atom stereocenters. The Morgan fingerprint density at radius 2 is 2.29 bits per heavy atom. The summed E-state index contributed by atoms with van der Waals surface area (Å²) in [4.78, 5) is 16.3. The second-order valence-corrected chi connectivity index (χ2v) is 5.08. The number of hydrogen-bond donors (Lipinski definition) is 1. The fourth-order valence-corrected chi connectivity index (χ4v) is 2.65. The van der Waals surface area contributed by atoms with E-state index in [-0.39, 0.29) is 0 Å². The molecule has 1 N–H and O–H groups in total. The molecule has 1 aromatic heterocycles. The van der Waals surface area contributed by atoms with Gasteiger partial charge in [-0.15, -0.1) is 0 Å². The molecule has 0 spiro atoms. The number of esters is 1. The molecule has 108 valence electrons. The van der Waals surface area contributed by atoms with Gasteiger partial charge in [0.15, 0.2) is 0 Å². The normalized spacial score (nSPS) is 17.2. The highest BCUT2D eigenvalue weighted by Gasteiger charge is 2.33. The molecule has 0 radical (unpaired) electrons. The van der Waals surface area contributed by atoms with Crippen LogP contribution in [0.2, 0.25) is 5.02 Å². The maximum Gasteiger partial charge on any atom is 0.338 e. The molecule has 7 heteroatoms.